The highest BCUT2D eigenvalue weighted by molar-refractivity contribution is 6.34. The second-order valence-electron chi connectivity index (χ2n) is 4.30. The number of Topliss-reactive ketones (excluding diaryl/α,β-unsaturated/α-hetero) is 1. The molecule has 0 saturated carbocycles. The van der Waals surface area contributed by atoms with E-state index in [4.69, 9.17) is 11.6 Å². The highest BCUT2D eigenvalue weighted by Crippen LogP contribution is 2.36. The summed E-state index contributed by atoms with van der Waals surface area (Å²) < 4.78 is 52.2. The van der Waals surface area contributed by atoms with Gasteiger partial charge < -0.3 is 0 Å². The summed E-state index contributed by atoms with van der Waals surface area (Å²) in [5.41, 5.74) is -2.01. The van der Waals surface area contributed by atoms with Crippen LogP contribution in [0.2, 0.25) is 0 Å². The van der Waals surface area contributed by atoms with Crippen molar-refractivity contribution in [3.05, 3.63) is 71.0 Å². The number of carbonyl (C=O) groups excluding carboxylic acids is 1. The molecule has 0 saturated heterocycles. The third kappa shape index (κ3) is 3.24. The highest BCUT2D eigenvalue weighted by Gasteiger charge is 2.39. The molecule has 2 aromatic rings. The summed E-state index contributed by atoms with van der Waals surface area (Å²) in [7, 11) is 0. The topological polar surface area (TPSA) is 17.1 Å². The highest BCUT2D eigenvalue weighted by atomic mass is 35.5. The molecule has 2 rings (SSSR count). The van der Waals surface area contributed by atoms with Crippen LogP contribution in [0.15, 0.2) is 48.5 Å². The minimum absolute atomic E-state index is 0.349. The van der Waals surface area contributed by atoms with E-state index in [2.05, 4.69) is 0 Å². The molecule has 0 aliphatic carbocycles. The van der Waals surface area contributed by atoms with Crippen LogP contribution in [0.25, 0.3) is 0 Å². The molecule has 0 heterocycles. The summed E-state index contributed by atoms with van der Waals surface area (Å²) in [6, 6.07) is 10.6. The second-order valence-corrected chi connectivity index (χ2v) is 4.73. The van der Waals surface area contributed by atoms with Crippen LogP contribution in [0.1, 0.15) is 26.9 Å². The molecule has 0 fully saturated rings. The van der Waals surface area contributed by atoms with Gasteiger partial charge in [0.2, 0.25) is 0 Å². The average Bonchev–Trinajstić information content (AvgIpc) is 2.45. The van der Waals surface area contributed by atoms with Gasteiger partial charge in [-0.15, -0.1) is 11.6 Å². The van der Waals surface area contributed by atoms with E-state index < -0.39 is 34.3 Å². The van der Waals surface area contributed by atoms with Gasteiger partial charge in [-0.05, 0) is 11.6 Å². The molecule has 0 aliphatic heterocycles. The molecule has 0 radical (unpaired) electrons. The summed E-state index contributed by atoms with van der Waals surface area (Å²) in [4.78, 5) is 12.2. The van der Waals surface area contributed by atoms with Gasteiger partial charge in [0.15, 0.2) is 5.78 Å². The average molecular weight is 317 g/mol. The van der Waals surface area contributed by atoms with Crippen molar-refractivity contribution in [1.82, 2.24) is 0 Å². The molecule has 0 aromatic heterocycles. The zero-order chi connectivity index (χ0) is 15.6. The molecule has 0 amide bonds. The number of hydrogen-bond acceptors (Lipinski definition) is 1. The zero-order valence-corrected chi connectivity index (χ0v) is 11.3. The van der Waals surface area contributed by atoms with E-state index in [1.54, 1.807) is 18.2 Å². The lowest BCUT2D eigenvalue weighted by atomic mass is 9.97. The van der Waals surface area contributed by atoms with Crippen LogP contribution in [0.3, 0.4) is 0 Å². The number of carbonyl (C=O) groups is 1. The zero-order valence-electron chi connectivity index (χ0n) is 10.5. The predicted octanol–water partition coefficient (Wildman–Crippen LogP) is 5.01. The van der Waals surface area contributed by atoms with Crippen molar-refractivity contribution < 1.29 is 22.4 Å². The second kappa shape index (κ2) is 5.85. The number of ketones is 1. The molecule has 0 bridgehead atoms. The van der Waals surface area contributed by atoms with E-state index in [1.807, 2.05) is 0 Å². The largest absolute Gasteiger partial charge is 0.419 e. The van der Waals surface area contributed by atoms with E-state index in [1.165, 1.54) is 12.1 Å². The van der Waals surface area contributed by atoms with Gasteiger partial charge >= 0.3 is 6.18 Å². The Balaban J connectivity index is 2.48. The van der Waals surface area contributed by atoms with E-state index >= 15 is 0 Å². The molecular weight excluding hydrogens is 308 g/mol. The Bertz CT molecular complexity index is 652. The van der Waals surface area contributed by atoms with Crippen LogP contribution in [-0.2, 0) is 6.18 Å². The molecule has 0 spiro atoms. The van der Waals surface area contributed by atoms with Gasteiger partial charge in [0.25, 0.3) is 0 Å². The van der Waals surface area contributed by atoms with Crippen molar-refractivity contribution in [2.75, 3.05) is 0 Å². The van der Waals surface area contributed by atoms with Crippen molar-refractivity contribution in [2.24, 2.45) is 0 Å². The quantitative estimate of drug-likeness (QED) is 0.442. The van der Waals surface area contributed by atoms with Gasteiger partial charge in [0, 0.05) is 5.56 Å². The van der Waals surface area contributed by atoms with Crippen molar-refractivity contribution in [2.45, 2.75) is 11.6 Å². The Morgan fingerprint density at radius 3 is 2.19 bits per heavy atom. The fourth-order valence-corrected chi connectivity index (χ4v) is 2.19. The molecule has 0 aliphatic rings. The smallest absolute Gasteiger partial charge is 0.292 e. The first-order valence-corrected chi connectivity index (χ1v) is 6.35. The molecule has 1 atom stereocenters. The Morgan fingerprint density at radius 2 is 1.62 bits per heavy atom. The minimum atomic E-state index is -4.97. The van der Waals surface area contributed by atoms with Gasteiger partial charge in [-0.25, -0.2) is 4.39 Å². The van der Waals surface area contributed by atoms with Gasteiger partial charge in [-0.2, -0.15) is 13.2 Å². The van der Waals surface area contributed by atoms with Gasteiger partial charge in [0.05, 0.1) is 0 Å². The minimum Gasteiger partial charge on any atom is -0.292 e. The standard InChI is InChI=1S/C15H9ClF4O/c16-13(9-5-2-1-3-6-9)14(21)10-7-4-8-11(17)12(10)15(18,19)20/h1-8,13H. The van der Waals surface area contributed by atoms with Crippen molar-refractivity contribution in [3.63, 3.8) is 0 Å². The first-order chi connectivity index (χ1) is 9.82. The van der Waals surface area contributed by atoms with Gasteiger partial charge in [0.1, 0.15) is 16.8 Å². The molecule has 2 aromatic carbocycles. The van der Waals surface area contributed by atoms with Crippen LogP contribution in [0.4, 0.5) is 17.6 Å². The lowest BCUT2D eigenvalue weighted by Crippen LogP contribution is -2.18. The number of halogens is 5. The summed E-state index contributed by atoms with van der Waals surface area (Å²) in [6.45, 7) is 0. The number of alkyl halides is 4. The van der Waals surface area contributed by atoms with Crippen molar-refractivity contribution in [3.8, 4) is 0 Å². The summed E-state index contributed by atoms with van der Waals surface area (Å²) >= 11 is 5.93. The summed E-state index contributed by atoms with van der Waals surface area (Å²) in [6.07, 6.45) is -4.97. The fourth-order valence-electron chi connectivity index (χ4n) is 1.93. The normalized spacial score (nSPS) is 13.0. The molecule has 110 valence electrons. The lowest BCUT2D eigenvalue weighted by Gasteiger charge is -2.15. The maximum Gasteiger partial charge on any atom is 0.419 e. The molecule has 1 unspecified atom stereocenters. The van der Waals surface area contributed by atoms with Crippen molar-refractivity contribution in [1.29, 1.82) is 0 Å². The number of hydrogen-bond donors (Lipinski definition) is 0. The fraction of sp³-hybridized carbons (Fsp3) is 0.133. The molecule has 0 N–H and O–H groups in total. The maximum absolute atomic E-state index is 13.5. The first-order valence-electron chi connectivity index (χ1n) is 5.91. The van der Waals surface area contributed by atoms with Crippen LogP contribution in [-0.4, -0.2) is 5.78 Å². The van der Waals surface area contributed by atoms with Crippen LogP contribution < -0.4 is 0 Å². The van der Waals surface area contributed by atoms with Crippen molar-refractivity contribution >= 4 is 17.4 Å². The Hall–Kier alpha value is -1.88. The Kier molecular flexibility index (Phi) is 4.32. The predicted molar refractivity (Wildman–Crippen MR) is 70.8 cm³/mol. The number of benzene rings is 2. The maximum atomic E-state index is 13.5. The van der Waals surface area contributed by atoms with Crippen LogP contribution in [0.5, 0.6) is 0 Å². The first kappa shape index (κ1) is 15.5. The van der Waals surface area contributed by atoms with Gasteiger partial charge in [-0.1, -0.05) is 42.5 Å². The third-order valence-corrected chi connectivity index (χ3v) is 3.34. The van der Waals surface area contributed by atoms with E-state index in [0.717, 1.165) is 12.1 Å². The van der Waals surface area contributed by atoms with E-state index in [9.17, 15) is 22.4 Å². The van der Waals surface area contributed by atoms with Crippen LogP contribution in [0, 0.1) is 5.82 Å². The molecule has 6 heteroatoms. The molecular formula is C15H9ClF4O. The Labute approximate surface area is 123 Å². The van der Waals surface area contributed by atoms with E-state index in [0.29, 0.717) is 11.6 Å². The number of rotatable bonds is 3. The third-order valence-electron chi connectivity index (χ3n) is 2.88. The monoisotopic (exact) mass is 316 g/mol. The van der Waals surface area contributed by atoms with Crippen LogP contribution >= 0.6 is 11.6 Å². The molecule has 21 heavy (non-hydrogen) atoms. The summed E-state index contributed by atoms with van der Waals surface area (Å²) in [5, 5.41) is -1.31. The lowest BCUT2D eigenvalue weighted by molar-refractivity contribution is -0.140. The SMILES string of the molecule is O=C(c1cccc(F)c1C(F)(F)F)C(Cl)c1ccccc1. The van der Waals surface area contributed by atoms with E-state index in [-0.39, 0.29) is 0 Å². The summed E-state index contributed by atoms with van der Waals surface area (Å²) in [5.74, 6) is -2.49. The van der Waals surface area contributed by atoms with Gasteiger partial charge in [-0.3, -0.25) is 4.79 Å². The molecule has 1 nitrogen and oxygen atoms in total. The Morgan fingerprint density at radius 1 is 1.00 bits per heavy atom.